The second kappa shape index (κ2) is 36.8. The van der Waals surface area contributed by atoms with Crippen molar-refractivity contribution in [3.8, 4) is 0 Å². The summed E-state index contributed by atoms with van der Waals surface area (Å²) >= 11 is 0. The van der Waals surface area contributed by atoms with Crippen molar-refractivity contribution in [2.45, 2.75) is 245 Å². The molecule has 1 atom stereocenters. The molecule has 0 aliphatic carbocycles. The van der Waals surface area contributed by atoms with Crippen molar-refractivity contribution in [2.75, 3.05) is 33.5 Å². The molecule has 0 saturated heterocycles. The molecule has 0 heterocycles. The zero-order valence-corrected chi connectivity index (χ0v) is 38.0. The van der Waals surface area contributed by atoms with E-state index in [4.69, 9.17) is 28.4 Å². The monoisotopic (exact) mass is 813 g/mol. The van der Waals surface area contributed by atoms with Gasteiger partial charge in [0.2, 0.25) is 0 Å². The highest BCUT2D eigenvalue weighted by Gasteiger charge is 2.26. The van der Waals surface area contributed by atoms with Gasteiger partial charge in [-0.05, 0) is 53.4 Å². The topological polar surface area (TPSA) is 124 Å². The zero-order chi connectivity index (χ0) is 42.5. The van der Waals surface area contributed by atoms with E-state index in [1.54, 1.807) is 7.11 Å². The molecule has 336 valence electrons. The minimum Gasteiger partial charge on any atom is -0.462 e. The fraction of sp³-hybridized carbons (Fsp3) is 0.915. The van der Waals surface area contributed by atoms with Crippen LogP contribution in [0.25, 0.3) is 0 Å². The predicted molar refractivity (Wildman–Crippen MR) is 229 cm³/mol. The average Bonchev–Trinajstić information content (AvgIpc) is 3.15. The van der Waals surface area contributed by atoms with Crippen LogP contribution in [0.1, 0.15) is 228 Å². The van der Waals surface area contributed by atoms with Gasteiger partial charge in [0.05, 0.1) is 12.2 Å². The van der Waals surface area contributed by atoms with Crippen molar-refractivity contribution < 1.29 is 47.6 Å². The Labute approximate surface area is 349 Å². The van der Waals surface area contributed by atoms with Crippen molar-refractivity contribution >= 4 is 23.9 Å². The van der Waals surface area contributed by atoms with Gasteiger partial charge in [0.15, 0.2) is 6.10 Å². The molecule has 0 aromatic rings. The summed E-state index contributed by atoms with van der Waals surface area (Å²) in [7, 11) is 1.66. The Kier molecular flexibility index (Phi) is 35.4. The van der Waals surface area contributed by atoms with Gasteiger partial charge in [-0.25, -0.2) is 0 Å². The zero-order valence-electron chi connectivity index (χ0n) is 38.0. The second-order valence-electron chi connectivity index (χ2n) is 17.2. The highest BCUT2D eigenvalue weighted by Crippen LogP contribution is 2.21. The smallest absolute Gasteiger partial charge is 0.306 e. The van der Waals surface area contributed by atoms with Gasteiger partial charge >= 0.3 is 23.9 Å². The van der Waals surface area contributed by atoms with Crippen LogP contribution in [0, 0.1) is 0 Å². The van der Waals surface area contributed by atoms with Crippen molar-refractivity contribution in [1.82, 2.24) is 0 Å². The van der Waals surface area contributed by atoms with Crippen molar-refractivity contribution in [1.29, 1.82) is 0 Å². The van der Waals surface area contributed by atoms with Crippen LogP contribution in [-0.4, -0.2) is 74.7 Å². The van der Waals surface area contributed by atoms with E-state index in [9.17, 15) is 19.2 Å². The summed E-state index contributed by atoms with van der Waals surface area (Å²) < 4.78 is 33.3. The number of methoxy groups -OCH3 is 1. The lowest BCUT2D eigenvalue weighted by Gasteiger charge is -2.29. The van der Waals surface area contributed by atoms with E-state index in [-0.39, 0.29) is 56.4 Å². The molecule has 10 heteroatoms. The number of rotatable bonds is 41. The summed E-state index contributed by atoms with van der Waals surface area (Å²) in [4.78, 5) is 50.4. The molecule has 1 unspecified atom stereocenters. The molecule has 0 aromatic heterocycles. The quantitative estimate of drug-likeness (QED) is 0.0335. The molecular formula is C47H88O10. The summed E-state index contributed by atoms with van der Waals surface area (Å²) in [6, 6.07) is 0. The van der Waals surface area contributed by atoms with Gasteiger partial charge in [-0.3, -0.25) is 19.2 Å². The first kappa shape index (κ1) is 54.8. The van der Waals surface area contributed by atoms with Crippen LogP contribution in [0.4, 0.5) is 0 Å². The van der Waals surface area contributed by atoms with Crippen molar-refractivity contribution in [3.05, 3.63) is 0 Å². The molecule has 0 fully saturated rings. The number of unbranched alkanes of at least 4 members (excludes halogenated alkanes) is 20. The summed E-state index contributed by atoms with van der Waals surface area (Å²) in [6.45, 7) is 12.8. The van der Waals surface area contributed by atoms with E-state index in [2.05, 4.69) is 13.8 Å². The van der Waals surface area contributed by atoms with Crippen LogP contribution >= 0.6 is 0 Å². The number of carbonyl (C=O) groups excluding carboxylic acids is 4. The molecule has 0 aliphatic heterocycles. The summed E-state index contributed by atoms with van der Waals surface area (Å²) in [5.41, 5.74) is -1.06. The minimum atomic E-state index is -0.886. The molecule has 10 nitrogen and oxygen atoms in total. The molecule has 0 saturated carbocycles. The number of esters is 4. The third kappa shape index (κ3) is 37.8. The molecule has 0 aromatic carbocycles. The Morgan fingerprint density at radius 2 is 0.807 bits per heavy atom. The predicted octanol–water partition coefficient (Wildman–Crippen LogP) is 12.1. The van der Waals surface area contributed by atoms with E-state index in [0.29, 0.717) is 26.1 Å². The van der Waals surface area contributed by atoms with Gasteiger partial charge in [-0.1, -0.05) is 142 Å². The lowest BCUT2D eigenvalue weighted by molar-refractivity contribution is -0.167. The van der Waals surface area contributed by atoms with E-state index in [1.807, 2.05) is 27.7 Å². The molecule has 0 rings (SSSR count). The third-order valence-corrected chi connectivity index (χ3v) is 10.4. The van der Waals surface area contributed by atoms with Crippen LogP contribution in [0.5, 0.6) is 0 Å². The summed E-state index contributed by atoms with van der Waals surface area (Å²) in [5, 5.41) is 0. The normalized spacial score (nSPS) is 12.3. The van der Waals surface area contributed by atoms with Gasteiger partial charge < -0.3 is 28.4 Å². The lowest BCUT2D eigenvalue weighted by atomic mass is 10.0. The number of hydrogen-bond donors (Lipinski definition) is 0. The van der Waals surface area contributed by atoms with Gasteiger partial charge in [0.1, 0.15) is 18.8 Å². The lowest BCUT2D eigenvalue weighted by Crippen LogP contribution is -2.33. The van der Waals surface area contributed by atoms with Crippen LogP contribution in [-0.2, 0) is 47.6 Å². The Morgan fingerprint density at radius 1 is 0.439 bits per heavy atom. The first-order valence-electron chi connectivity index (χ1n) is 23.2. The summed E-state index contributed by atoms with van der Waals surface area (Å²) in [6.07, 6.45) is 27.5. The van der Waals surface area contributed by atoms with Crippen molar-refractivity contribution in [3.63, 3.8) is 0 Å². The number of carbonyl (C=O) groups is 4. The maximum Gasteiger partial charge on any atom is 0.306 e. The van der Waals surface area contributed by atoms with Crippen LogP contribution < -0.4 is 0 Å². The SMILES string of the molecule is CCCCCCCCCCCCCC(=O)OCC(COC(=O)CCCC(=O)OC(C)(C)CCOC(C)(C)CCOC)OC(=O)CCCCCCCCCCCCC. The number of hydrogen-bond acceptors (Lipinski definition) is 10. The van der Waals surface area contributed by atoms with Gasteiger partial charge in [0.25, 0.3) is 0 Å². The van der Waals surface area contributed by atoms with E-state index in [0.717, 1.165) is 44.9 Å². The Balaban J connectivity index is 4.65. The first-order chi connectivity index (χ1) is 27.3. The molecule has 0 N–H and O–H groups in total. The molecule has 0 amide bonds. The van der Waals surface area contributed by atoms with E-state index < -0.39 is 23.6 Å². The van der Waals surface area contributed by atoms with E-state index in [1.165, 1.54) is 103 Å². The average molecular weight is 813 g/mol. The van der Waals surface area contributed by atoms with Crippen LogP contribution in [0.2, 0.25) is 0 Å². The molecule has 0 spiro atoms. The molecule has 0 aliphatic rings. The maximum atomic E-state index is 12.7. The largest absolute Gasteiger partial charge is 0.462 e. The molecule has 0 bridgehead atoms. The second-order valence-corrected chi connectivity index (χ2v) is 17.2. The maximum absolute atomic E-state index is 12.7. The molecule has 57 heavy (non-hydrogen) atoms. The fourth-order valence-corrected chi connectivity index (χ4v) is 6.52. The Morgan fingerprint density at radius 3 is 1.25 bits per heavy atom. The minimum absolute atomic E-state index is 0.00435. The number of ether oxygens (including phenoxy) is 6. The third-order valence-electron chi connectivity index (χ3n) is 10.4. The highest BCUT2D eigenvalue weighted by molar-refractivity contribution is 5.73. The summed E-state index contributed by atoms with van der Waals surface area (Å²) in [5.74, 6) is -1.65. The Bertz CT molecular complexity index is 995. The molecule has 0 radical (unpaired) electrons. The molecular weight excluding hydrogens is 725 g/mol. The van der Waals surface area contributed by atoms with Gasteiger partial charge in [-0.2, -0.15) is 0 Å². The van der Waals surface area contributed by atoms with Crippen molar-refractivity contribution in [2.24, 2.45) is 0 Å². The van der Waals surface area contributed by atoms with Gasteiger partial charge in [-0.15, -0.1) is 0 Å². The van der Waals surface area contributed by atoms with Crippen LogP contribution in [0.15, 0.2) is 0 Å². The Hall–Kier alpha value is -2.20. The fourth-order valence-electron chi connectivity index (χ4n) is 6.52. The van der Waals surface area contributed by atoms with Gasteiger partial charge in [0, 0.05) is 45.8 Å². The van der Waals surface area contributed by atoms with Crippen LogP contribution in [0.3, 0.4) is 0 Å². The standard InChI is InChI=1S/C47H88O10/c1-8-10-12-14-16-18-20-22-24-26-28-31-42(48)53-39-41(56-44(50)32-29-27-25-23-21-19-17-15-13-11-9-2)40-54-43(49)33-30-34-45(51)57-47(5,6)36-38-55-46(3,4)35-37-52-7/h41H,8-40H2,1-7H3. The van der Waals surface area contributed by atoms with E-state index >= 15 is 0 Å². The first-order valence-corrected chi connectivity index (χ1v) is 23.2. The highest BCUT2D eigenvalue weighted by atomic mass is 16.6.